The third kappa shape index (κ3) is 1.45. The van der Waals surface area contributed by atoms with Crippen LogP contribution in [0.2, 0.25) is 0 Å². The van der Waals surface area contributed by atoms with Gasteiger partial charge in [0.15, 0.2) is 6.10 Å². The van der Waals surface area contributed by atoms with Gasteiger partial charge in [0.25, 0.3) is 0 Å². The molecule has 2 rings (SSSR count). The lowest BCUT2D eigenvalue weighted by Gasteiger charge is -2.20. The highest BCUT2D eigenvalue weighted by Crippen LogP contribution is 2.51. The predicted molar refractivity (Wildman–Crippen MR) is 54.3 cm³/mol. The number of carbonyl (C=O) groups is 1. The molecule has 0 spiro atoms. The van der Waals surface area contributed by atoms with Crippen LogP contribution in [0.4, 0.5) is 0 Å². The number of methoxy groups -OCH3 is 1. The molecule has 1 heterocycles. The maximum Gasteiger partial charge on any atom is 0.335 e. The number of ether oxygens (including phenoxy) is 1. The predicted octanol–water partition coefficient (Wildman–Crippen LogP) is 0.591. The zero-order valence-corrected chi connectivity index (χ0v) is 8.93. The van der Waals surface area contributed by atoms with Gasteiger partial charge in [-0.15, -0.1) is 0 Å². The van der Waals surface area contributed by atoms with Gasteiger partial charge in [0.2, 0.25) is 0 Å². The van der Waals surface area contributed by atoms with E-state index in [1.807, 2.05) is 29.9 Å². The zero-order valence-electron chi connectivity index (χ0n) is 8.93. The van der Waals surface area contributed by atoms with Crippen molar-refractivity contribution in [3.63, 3.8) is 0 Å². The number of hydrogen-bond donors (Lipinski definition) is 1. The Morgan fingerprint density at radius 2 is 2.33 bits per heavy atom. The molecule has 1 unspecified atom stereocenters. The maximum absolute atomic E-state index is 11.3. The fraction of sp³-hybridized carbons (Fsp3) is 0.545. The quantitative estimate of drug-likeness (QED) is 0.741. The van der Waals surface area contributed by atoms with Gasteiger partial charge in [-0.3, -0.25) is 0 Å². The van der Waals surface area contributed by atoms with Gasteiger partial charge in [-0.2, -0.15) is 0 Å². The fourth-order valence-electron chi connectivity index (χ4n) is 2.12. The normalized spacial score (nSPS) is 19.7. The molecule has 1 aliphatic rings. The first-order valence-corrected chi connectivity index (χ1v) is 4.99. The number of aromatic nitrogens is 1. The van der Waals surface area contributed by atoms with Gasteiger partial charge in [0.1, 0.15) is 0 Å². The summed E-state index contributed by atoms with van der Waals surface area (Å²) in [4.78, 5) is 11.3. The summed E-state index contributed by atoms with van der Waals surface area (Å²) in [5.41, 5.74) is 0.589. The third-order valence-electron chi connectivity index (χ3n) is 3.19. The number of carbonyl (C=O) groups excluding carboxylic acids is 1. The first-order chi connectivity index (χ1) is 7.12. The molecule has 0 aliphatic heterocycles. The van der Waals surface area contributed by atoms with Gasteiger partial charge in [0.05, 0.1) is 7.11 Å². The van der Waals surface area contributed by atoms with Gasteiger partial charge in [-0.25, -0.2) is 4.79 Å². The highest BCUT2D eigenvalue weighted by atomic mass is 16.5. The van der Waals surface area contributed by atoms with Crippen molar-refractivity contribution in [3.05, 3.63) is 24.0 Å². The van der Waals surface area contributed by atoms with Crippen LogP contribution in [-0.2, 0) is 22.0 Å². The molecule has 1 atom stereocenters. The van der Waals surface area contributed by atoms with Gasteiger partial charge in [-0.1, -0.05) is 0 Å². The van der Waals surface area contributed by atoms with E-state index in [9.17, 15) is 9.90 Å². The Bertz CT molecular complexity index is 379. The number of hydrogen-bond acceptors (Lipinski definition) is 3. The van der Waals surface area contributed by atoms with E-state index in [-0.39, 0.29) is 0 Å². The Morgan fingerprint density at radius 3 is 2.73 bits per heavy atom. The molecule has 1 aromatic heterocycles. The molecule has 82 valence electrons. The first-order valence-electron chi connectivity index (χ1n) is 4.99. The van der Waals surface area contributed by atoms with Gasteiger partial charge in [0, 0.05) is 24.4 Å². The lowest BCUT2D eigenvalue weighted by Crippen LogP contribution is -2.36. The molecule has 0 radical (unpaired) electrons. The highest BCUT2D eigenvalue weighted by molar-refractivity contribution is 5.77. The number of aliphatic hydroxyl groups is 1. The van der Waals surface area contributed by atoms with Crippen molar-refractivity contribution in [3.8, 4) is 0 Å². The number of esters is 1. The van der Waals surface area contributed by atoms with Crippen LogP contribution in [0.25, 0.3) is 0 Å². The second-order valence-corrected chi connectivity index (χ2v) is 4.09. The molecule has 0 aromatic carbocycles. The molecule has 0 amide bonds. The van der Waals surface area contributed by atoms with E-state index in [4.69, 9.17) is 0 Å². The average Bonchev–Trinajstić information content (AvgIpc) is 2.94. The molecule has 0 bridgehead atoms. The molecule has 0 saturated heterocycles. The molecule has 4 nitrogen and oxygen atoms in total. The smallest absolute Gasteiger partial charge is 0.335 e. The topological polar surface area (TPSA) is 51.5 Å². The Morgan fingerprint density at radius 1 is 1.67 bits per heavy atom. The molecular weight excluding hydrogens is 194 g/mol. The van der Waals surface area contributed by atoms with Gasteiger partial charge >= 0.3 is 5.97 Å². The molecule has 4 heteroatoms. The zero-order chi connectivity index (χ0) is 11.1. The van der Waals surface area contributed by atoms with Gasteiger partial charge in [-0.05, 0) is 25.0 Å². The fourth-order valence-corrected chi connectivity index (χ4v) is 2.12. The Kier molecular flexibility index (Phi) is 2.31. The van der Waals surface area contributed by atoms with Crippen molar-refractivity contribution >= 4 is 5.97 Å². The number of nitrogens with zero attached hydrogens (tertiary/aromatic N) is 1. The van der Waals surface area contributed by atoms with Crippen LogP contribution < -0.4 is 0 Å². The molecule has 1 N–H and O–H groups in total. The van der Waals surface area contributed by atoms with E-state index in [2.05, 4.69) is 4.74 Å². The van der Waals surface area contributed by atoms with E-state index in [1.54, 1.807) is 0 Å². The second-order valence-electron chi connectivity index (χ2n) is 4.09. The number of aliphatic hydroxyl groups excluding tert-OH is 1. The van der Waals surface area contributed by atoms with Crippen LogP contribution in [-0.4, -0.2) is 28.9 Å². The van der Waals surface area contributed by atoms with Crippen LogP contribution >= 0.6 is 0 Å². The van der Waals surface area contributed by atoms with Gasteiger partial charge < -0.3 is 14.4 Å². The molecule has 1 saturated carbocycles. The van der Waals surface area contributed by atoms with Crippen LogP contribution in [0, 0.1) is 0 Å². The standard InChI is InChI=1S/C11H15NO3/c1-12-7-3-4-8(12)11(5-6-11)9(13)10(14)15-2/h3-4,7,9,13H,5-6H2,1-2H3. The summed E-state index contributed by atoms with van der Waals surface area (Å²) in [6, 6.07) is 3.86. The van der Waals surface area contributed by atoms with Crippen molar-refractivity contribution in [2.45, 2.75) is 24.4 Å². The summed E-state index contributed by atoms with van der Waals surface area (Å²) >= 11 is 0. The minimum absolute atomic E-state index is 0.411. The van der Waals surface area contributed by atoms with E-state index in [1.165, 1.54) is 7.11 Å². The number of rotatable bonds is 3. The van der Waals surface area contributed by atoms with Crippen molar-refractivity contribution < 1.29 is 14.6 Å². The van der Waals surface area contributed by atoms with E-state index in [0.717, 1.165) is 18.5 Å². The summed E-state index contributed by atoms with van der Waals surface area (Å²) < 4.78 is 6.52. The van der Waals surface area contributed by atoms with Crippen molar-refractivity contribution in [2.24, 2.45) is 7.05 Å². The third-order valence-corrected chi connectivity index (χ3v) is 3.19. The lowest BCUT2D eigenvalue weighted by atomic mass is 9.95. The molecule has 1 aliphatic carbocycles. The van der Waals surface area contributed by atoms with Crippen LogP contribution in [0.15, 0.2) is 18.3 Å². The summed E-state index contributed by atoms with van der Waals surface area (Å²) in [7, 11) is 3.21. The largest absolute Gasteiger partial charge is 0.467 e. The lowest BCUT2D eigenvalue weighted by molar-refractivity contribution is -0.152. The van der Waals surface area contributed by atoms with Crippen molar-refractivity contribution in [2.75, 3.05) is 7.11 Å². The van der Waals surface area contributed by atoms with E-state index in [0.29, 0.717) is 0 Å². The molecular formula is C11H15NO3. The summed E-state index contributed by atoms with van der Waals surface area (Å²) in [5, 5.41) is 9.92. The Labute approximate surface area is 88.5 Å². The molecule has 15 heavy (non-hydrogen) atoms. The first kappa shape index (κ1) is 10.2. The van der Waals surface area contributed by atoms with Crippen LogP contribution in [0.5, 0.6) is 0 Å². The monoisotopic (exact) mass is 209 g/mol. The van der Waals surface area contributed by atoms with Crippen LogP contribution in [0.3, 0.4) is 0 Å². The van der Waals surface area contributed by atoms with E-state index < -0.39 is 17.5 Å². The maximum atomic E-state index is 11.3. The average molecular weight is 209 g/mol. The summed E-state index contributed by atoms with van der Waals surface area (Å²) in [5.74, 6) is -0.547. The minimum atomic E-state index is -1.05. The van der Waals surface area contributed by atoms with Crippen molar-refractivity contribution in [1.29, 1.82) is 0 Å². The van der Waals surface area contributed by atoms with E-state index >= 15 is 0 Å². The van der Waals surface area contributed by atoms with Crippen molar-refractivity contribution in [1.82, 2.24) is 4.57 Å². The summed E-state index contributed by atoms with van der Waals surface area (Å²) in [6.07, 6.45) is 2.54. The minimum Gasteiger partial charge on any atom is -0.467 e. The molecule has 1 fully saturated rings. The Hall–Kier alpha value is -1.29. The number of aryl methyl sites for hydroxylation is 1. The van der Waals surface area contributed by atoms with Crippen LogP contribution in [0.1, 0.15) is 18.5 Å². The molecule has 1 aromatic rings. The highest BCUT2D eigenvalue weighted by Gasteiger charge is 2.55. The Balaban J connectivity index is 2.28. The second kappa shape index (κ2) is 3.38. The summed E-state index contributed by atoms with van der Waals surface area (Å²) in [6.45, 7) is 0. The SMILES string of the molecule is COC(=O)C(O)C1(c2cccn2C)CC1.